The minimum atomic E-state index is -0.375. The molecular weight excluding hydrogens is 322 g/mol. The maximum absolute atomic E-state index is 11.1. The first-order chi connectivity index (χ1) is 12.1. The van der Waals surface area contributed by atoms with Crippen molar-refractivity contribution in [1.29, 1.82) is 0 Å². The summed E-state index contributed by atoms with van der Waals surface area (Å²) in [7, 11) is 1.69. The highest BCUT2D eigenvalue weighted by atomic mass is 16.6. The normalized spacial score (nSPS) is 15.4. The molecule has 0 unspecified atom stereocenters. The van der Waals surface area contributed by atoms with E-state index in [1.54, 1.807) is 18.6 Å². The smallest absolute Gasteiger partial charge is 0.342 e. The van der Waals surface area contributed by atoms with Crippen LogP contribution in [-0.4, -0.2) is 59.2 Å². The maximum Gasteiger partial charge on any atom is 0.342 e. The molecule has 0 aliphatic carbocycles. The van der Waals surface area contributed by atoms with E-state index in [-0.39, 0.29) is 10.7 Å². The van der Waals surface area contributed by atoms with Gasteiger partial charge >= 0.3 is 5.82 Å². The number of ether oxygens (including phenoxy) is 1. The van der Waals surface area contributed by atoms with Gasteiger partial charge in [-0.2, -0.15) is 0 Å². The van der Waals surface area contributed by atoms with Gasteiger partial charge in [0.25, 0.3) is 0 Å². The number of piperazine rings is 1. The van der Waals surface area contributed by atoms with Gasteiger partial charge in [0.15, 0.2) is 5.82 Å². The predicted molar refractivity (Wildman–Crippen MR) is 95.3 cm³/mol. The second-order valence-electron chi connectivity index (χ2n) is 6.07. The van der Waals surface area contributed by atoms with Gasteiger partial charge in [0, 0.05) is 39.6 Å². The van der Waals surface area contributed by atoms with Crippen molar-refractivity contribution in [3.63, 3.8) is 0 Å². The fourth-order valence-electron chi connectivity index (χ4n) is 3.22. The zero-order valence-electron chi connectivity index (χ0n) is 14.6. The number of imidazole rings is 1. The summed E-state index contributed by atoms with van der Waals surface area (Å²) in [6.45, 7) is 6.80. The number of nitrogens with zero attached hydrogens (tertiary/aromatic N) is 5. The van der Waals surface area contributed by atoms with Crippen LogP contribution in [0.25, 0.3) is 0 Å². The average molecular weight is 345 g/mol. The summed E-state index contributed by atoms with van der Waals surface area (Å²) in [6.07, 6.45) is 1.33. The number of anilines is 1. The lowest BCUT2D eigenvalue weighted by Gasteiger charge is -2.36. The number of aryl methyl sites for hydroxylation is 1. The summed E-state index contributed by atoms with van der Waals surface area (Å²) in [5, 5.41) is 11.1. The van der Waals surface area contributed by atoms with Crippen molar-refractivity contribution in [3.8, 4) is 5.75 Å². The van der Waals surface area contributed by atoms with Crippen LogP contribution in [0.15, 0.2) is 30.5 Å². The number of rotatable bonds is 6. The molecule has 8 nitrogen and oxygen atoms in total. The van der Waals surface area contributed by atoms with Crippen molar-refractivity contribution in [2.45, 2.75) is 13.5 Å². The zero-order valence-corrected chi connectivity index (χ0v) is 14.6. The first-order valence-electron chi connectivity index (χ1n) is 8.37. The number of hydrogen-bond donors (Lipinski definition) is 0. The second-order valence-corrected chi connectivity index (χ2v) is 6.07. The van der Waals surface area contributed by atoms with E-state index in [4.69, 9.17) is 4.74 Å². The summed E-state index contributed by atoms with van der Waals surface area (Å²) in [5.74, 6) is 1.63. The highest BCUT2D eigenvalue weighted by Gasteiger charge is 2.22. The third-order valence-corrected chi connectivity index (χ3v) is 4.66. The molecule has 1 aliphatic heterocycles. The predicted octanol–water partition coefficient (Wildman–Crippen LogP) is 1.93. The third-order valence-electron chi connectivity index (χ3n) is 4.66. The molecule has 1 fully saturated rings. The average Bonchev–Trinajstić information content (AvgIpc) is 3.01. The van der Waals surface area contributed by atoms with Crippen LogP contribution >= 0.6 is 0 Å². The van der Waals surface area contributed by atoms with E-state index in [0.29, 0.717) is 12.4 Å². The minimum Gasteiger partial charge on any atom is -0.495 e. The van der Waals surface area contributed by atoms with Crippen molar-refractivity contribution in [2.24, 2.45) is 0 Å². The molecule has 1 aliphatic rings. The lowest BCUT2D eigenvalue weighted by Crippen LogP contribution is -2.47. The topological polar surface area (TPSA) is 76.7 Å². The SMILES string of the molecule is COc1ccccc1N1CCN(CCn2c([N+](=O)[O-])cnc2C)CC1. The molecule has 0 amide bonds. The molecule has 3 rings (SSSR count). The van der Waals surface area contributed by atoms with Crippen LogP contribution in [0.3, 0.4) is 0 Å². The molecule has 0 N–H and O–H groups in total. The molecule has 0 spiro atoms. The monoisotopic (exact) mass is 345 g/mol. The Bertz CT molecular complexity index is 738. The molecular formula is C17H23N5O3. The molecule has 0 radical (unpaired) electrons. The largest absolute Gasteiger partial charge is 0.495 e. The number of methoxy groups -OCH3 is 1. The van der Waals surface area contributed by atoms with Gasteiger partial charge in [0.2, 0.25) is 0 Å². The Morgan fingerprint density at radius 1 is 1.20 bits per heavy atom. The molecule has 1 aromatic carbocycles. The van der Waals surface area contributed by atoms with E-state index < -0.39 is 0 Å². The van der Waals surface area contributed by atoms with Gasteiger partial charge in [-0.15, -0.1) is 0 Å². The van der Waals surface area contributed by atoms with Gasteiger partial charge < -0.3 is 19.8 Å². The molecule has 0 atom stereocenters. The van der Waals surface area contributed by atoms with E-state index in [1.807, 2.05) is 18.2 Å². The maximum atomic E-state index is 11.1. The summed E-state index contributed by atoms with van der Waals surface area (Å²) in [5.41, 5.74) is 1.12. The lowest BCUT2D eigenvalue weighted by atomic mass is 10.2. The second kappa shape index (κ2) is 7.52. The van der Waals surface area contributed by atoms with Crippen molar-refractivity contribution < 1.29 is 9.66 Å². The Hall–Kier alpha value is -2.61. The lowest BCUT2D eigenvalue weighted by molar-refractivity contribution is -0.392. The third kappa shape index (κ3) is 3.74. The Balaban J connectivity index is 1.57. The van der Waals surface area contributed by atoms with Gasteiger partial charge in [-0.25, -0.2) is 9.55 Å². The highest BCUT2D eigenvalue weighted by molar-refractivity contribution is 5.58. The number of para-hydroxylation sites is 2. The van der Waals surface area contributed by atoms with Crippen molar-refractivity contribution in [1.82, 2.24) is 14.5 Å². The summed E-state index contributed by atoms with van der Waals surface area (Å²) >= 11 is 0. The highest BCUT2D eigenvalue weighted by Crippen LogP contribution is 2.28. The minimum absolute atomic E-state index is 0.0603. The molecule has 134 valence electrons. The van der Waals surface area contributed by atoms with E-state index in [9.17, 15) is 10.1 Å². The van der Waals surface area contributed by atoms with E-state index in [0.717, 1.165) is 44.2 Å². The first kappa shape index (κ1) is 17.2. The molecule has 8 heteroatoms. The Morgan fingerprint density at radius 2 is 1.92 bits per heavy atom. The Morgan fingerprint density at radius 3 is 2.60 bits per heavy atom. The van der Waals surface area contributed by atoms with Crippen LogP contribution in [0.5, 0.6) is 5.75 Å². The molecule has 2 heterocycles. The van der Waals surface area contributed by atoms with Crippen molar-refractivity contribution in [3.05, 3.63) is 46.4 Å². The quantitative estimate of drug-likeness (QED) is 0.588. The van der Waals surface area contributed by atoms with Crippen molar-refractivity contribution >= 4 is 11.5 Å². The van der Waals surface area contributed by atoms with Crippen LogP contribution in [0.4, 0.5) is 11.5 Å². The van der Waals surface area contributed by atoms with Gasteiger partial charge in [-0.1, -0.05) is 12.1 Å². The molecule has 0 bridgehead atoms. The van der Waals surface area contributed by atoms with Gasteiger partial charge in [-0.3, -0.25) is 4.90 Å². The van der Waals surface area contributed by atoms with Crippen LogP contribution in [-0.2, 0) is 6.54 Å². The van der Waals surface area contributed by atoms with Crippen LogP contribution < -0.4 is 9.64 Å². The van der Waals surface area contributed by atoms with Gasteiger partial charge in [0.05, 0.1) is 12.8 Å². The molecule has 0 saturated carbocycles. The van der Waals surface area contributed by atoms with Gasteiger partial charge in [0.1, 0.15) is 18.5 Å². The van der Waals surface area contributed by atoms with E-state index in [2.05, 4.69) is 20.9 Å². The summed E-state index contributed by atoms with van der Waals surface area (Å²) < 4.78 is 7.11. The van der Waals surface area contributed by atoms with Crippen LogP contribution in [0.2, 0.25) is 0 Å². The molecule has 1 saturated heterocycles. The number of aromatic nitrogens is 2. The molecule has 25 heavy (non-hydrogen) atoms. The fourth-order valence-corrected chi connectivity index (χ4v) is 3.22. The van der Waals surface area contributed by atoms with Crippen LogP contribution in [0.1, 0.15) is 5.82 Å². The molecule has 1 aromatic heterocycles. The van der Waals surface area contributed by atoms with E-state index >= 15 is 0 Å². The number of nitro groups is 1. The van der Waals surface area contributed by atoms with Gasteiger partial charge in [-0.05, 0) is 17.1 Å². The number of benzene rings is 1. The molecule has 2 aromatic rings. The Labute approximate surface area is 146 Å². The zero-order chi connectivity index (χ0) is 17.8. The van der Waals surface area contributed by atoms with Crippen molar-refractivity contribution in [2.75, 3.05) is 44.7 Å². The summed E-state index contributed by atoms with van der Waals surface area (Å²) in [4.78, 5) is 19.4. The summed E-state index contributed by atoms with van der Waals surface area (Å²) in [6, 6.07) is 8.04. The van der Waals surface area contributed by atoms with Crippen LogP contribution in [0, 0.1) is 17.0 Å². The fraction of sp³-hybridized carbons (Fsp3) is 0.471. The Kier molecular flexibility index (Phi) is 5.18. The number of hydrogen-bond acceptors (Lipinski definition) is 6. The standard InChI is InChI=1S/C17H23N5O3/c1-14-18-13-17(22(23)24)21(14)12-9-19-7-10-20(11-8-19)15-5-3-4-6-16(15)25-2/h3-6,13H,7-12H2,1-2H3. The first-order valence-corrected chi connectivity index (χ1v) is 8.37. The van der Waals surface area contributed by atoms with E-state index in [1.165, 1.54) is 6.20 Å².